The van der Waals surface area contributed by atoms with Crippen molar-refractivity contribution < 1.29 is 9.72 Å². The average molecular weight is 403 g/mol. The van der Waals surface area contributed by atoms with Gasteiger partial charge in [-0.05, 0) is 17.5 Å². The van der Waals surface area contributed by atoms with E-state index in [0.29, 0.717) is 32.7 Å². The minimum Gasteiger partial charge on any atom is -0.345 e. The van der Waals surface area contributed by atoms with Crippen LogP contribution in [0.3, 0.4) is 0 Å². The molecule has 0 unspecified atom stereocenters. The number of urea groups is 1. The van der Waals surface area contributed by atoms with Gasteiger partial charge in [0.05, 0.1) is 21.7 Å². The number of anilines is 1. The van der Waals surface area contributed by atoms with Gasteiger partial charge in [0.15, 0.2) is 5.13 Å². The molecule has 8 nitrogen and oxygen atoms in total. The number of aromatic nitrogens is 1. The second-order valence-corrected chi connectivity index (χ2v) is 8.16. The lowest BCUT2D eigenvalue weighted by Gasteiger charge is -2.34. The summed E-state index contributed by atoms with van der Waals surface area (Å²) in [7, 11) is 0. The predicted octanol–water partition coefficient (Wildman–Crippen LogP) is 3.30. The number of piperazine rings is 1. The van der Waals surface area contributed by atoms with E-state index < -0.39 is 4.92 Å². The molecular formula is C17H17N5O3S2. The number of thiophene rings is 1. The number of benzene rings is 1. The molecule has 3 aromatic rings. The summed E-state index contributed by atoms with van der Waals surface area (Å²) in [6.07, 6.45) is 0. The van der Waals surface area contributed by atoms with E-state index in [2.05, 4.69) is 15.2 Å². The molecule has 27 heavy (non-hydrogen) atoms. The zero-order valence-corrected chi connectivity index (χ0v) is 16.0. The Balaban J connectivity index is 1.36. The number of nitro benzene ring substituents is 1. The molecule has 1 aliphatic heterocycles. The zero-order chi connectivity index (χ0) is 18.8. The Morgan fingerprint density at radius 2 is 2.07 bits per heavy atom. The molecule has 2 amide bonds. The van der Waals surface area contributed by atoms with Crippen LogP contribution in [-0.4, -0.2) is 47.0 Å². The van der Waals surface area contributed by atoms with E-state index in [9.17, 15) is 14.9 Å². The van der Waals surface area contributed by atoms with Gasteiger partial charge in [-0.25, -0.2) is 9.78 Å². The number of carbonyl (C=O) groups is 1. The Kier molecular flexibility index (Phi) is 4.90. The van der Waals surface area contributed by atoms with Crippen LogP contribution < -0.4 is 10.2 Å². The van der Waals surface area contributed by atoms with Gasteiger partial charge in [0, 0.05) is 43.2 Å². The Morgan fingerprint density at radius 3 is 2.78 bits per heavy atom. The Bertz CT molecular complexity index is 964. The van der Waals surface area contributed by atoms with Gasteiger partial charge in [-0.1, -0.05) is 17.4 Å². The summed E-state index contributed by atoms with van der Waals surface area (Å²) < 4.78 is 0.801. The molecule has 1 fully saturated rings. The SMILES string of the molecule is O=C(NCc1cccs1)N1CCN(c2nc3ccc([N+](=O)[O-])cc3s2)CC1. The second kappa shape index (κ2) is 7.49. The highest BCUT2D eigenvalue weighted by atomic mass is 32.1. The fraction of sp³-hybridized carbons (Fsp3) is 0.294. The average Bonchev–Trinajstić information content (AvgIpc) is 3.35. The fourth-order valence-electron chi connectivity index (χ4n) is 2.94. The molecule has 0 bridgehead atoms. The molecule has 4 rings (SSSR count). The van der Waals surface area contributed by atoms with Gasteiger partial charge in [0.25, 0.3) is 5.69 Å². The van der Waals surface area contributed by atoms with E-state index >= 15 is 0 Å². The molecule has 1 saturated heterocycles. The number of thiazole rings is 1. The number of hydrogen-bond donors (Lipinski definition) is 1. The number of fused-ring (bicyclic) bond motifs is 1. The van der Waals surface area contributed by atoms with E-state index in [1.54, 1.807) is 23.5 Å². The Labute approximate surface area is 163 Å². The first-order chi connectivity index (χ1) is 13.1. The first-order valence-corrected chi connectivity index (χ1v) is 10.1. The number of rotatable bonds is 4. The van der Waals surface area contributed by atoms with Crippen LogP contribution in [0.25, 0.3) is 10.2 Å². The molecule has 0 radical (unpaired) electrons. The van der Waals surface area contributed by atoms with Crippen molar-refractivity contribution in [3.8, 4) is 0 Å². The lowest BCUT2D eigenvalue weighted by atomic mass is 10.3. The monoisotopic (exact) mass is 403 g/mol. The minimum absolute atomic E-state index is 0.0528. The van der Waals surface area contributed by atoms with Gasteiger partial charge in [0.2, 0.25) is 0 Å². The highest BCUT2D eigenvalue weighted by molar-refractivity contribution is 7.22. The Morgan fingerprint density at radius 1 is 1.26 bits per heavy atom. The van der Waals surface area contributed by atoms with Crippen molar-refractivity contribution in [1.82, 2.24) is 15.2 Å². The summed E-state index contributed by atoms with van der Waals surface area (Å²) in [5.74, 6) is 0. The summed E-state index contributed by atoms with van der Waals surface area (Å²) in [4.78, 5) is 32.5. The van der Waals surface area contributed by atoms with Crippen LogP contribution in [0.15, 0.2) is 35.7 Å². The van der Waals surface area contributed by atoms with Crippen molar-refractivity contribution in [3.05, 3.63) is 50.7 Å². The molecule has 0 saturated carbocycles. The van der Waals surface area contributed by atoms with Gasteiger partial charge in [-0.3, -0.25) is 10.1 Å². The zero-order valence-electron chi connectivity index (χ0n) is 14.3. The van der Waals surface area contributed by atoms with Crippen LogP contribution in [0.1, 0.15) is 4.88 Å². The maximum Gasteiger partial charge on any atom is 0.317 e. The predicted molar refractivity (Wildman–Crippen MR) is 107 cm³/mol. The maximum atomic E-state index is 12.3. The van der Waals surface area contributed by atoms with Gasteiger partial charge in [-0.2, -0.15) is 0 Å². The summed E-state index contributed by atoms with van der Waals surface area (Å²) >= 11 is 3.07. The largest absolute Gasteiger partial charge is 0.345 e. The normalized spacial score (nSPS) is 14.5. The van der Waals surface area contributed by atoms with Gasteiger partial charge in [-0.15, -0.1) is 11.3 Å². The number of nitrogens with zero attached hydrogens (tertiary/aromatic N) is 4. The summed E-state index contributed by atoms with van der Waals surface area (Å²) in [6.45, 7) is 3.16. The summed E-state index contributed by atoms with van der Waals surface area (Å²) in [6, 6.07) is 8.63. The molecular weight excluding hydrogens is 386 g/mol. The molecule has 3 heterocycles. The van der Waals surface area contributed by atoms with Crippen molar-refractivity contribution in [1.29, 1.82) is 0 Å². The van der Waals surface area contributed by atoms with Crippen molar-refractivity contribution in [3.63, 3.8) is 0 Å². The van der Waals surface area contributed by atoms with Gasteiger partial charge in [0.1, 0.15) is 0 Å². The smallest absolute Gasteiger partial charge is 0.317 e. The van der Waals surface area contributed by atoms with Crippen LogP contribution in [-0.2, 0) is 6.54 Å². The molecule has 0 aliphatic carbocycles. The summed E-state index contributed by atoms with van der Waals surface area (Å²) in [5, 5.41) is 16.7. The van der Waals surface area contributed by atoms with Crippen LogP contribution in [0.4, 0.5) is 15.6 Å². The number of hydrogen-bond acceptors (Lipinski definition) is 7. The summed E-state index contributed by atoms with van der Waals surface area (Å²) in [5.41, 5.74) is 0.835. The van der Waals surface area contributed by atoms with E-state index in [-0.39, 0.29) is 11.7 Å². The van der Waals surface area contributed by atoms with Gasteiger partial charge >= 0.3 is 6.03 Å². The highest BCUT2D eigenvalue weighted by Crippen LogP contribution is 2.31. The third kappa shape index (κ3) is 3.86. The van der Waals surface area contributed by atoms with Crippen LogP contribution in [0.5, 0.6) is 0 Å². The molecule has 140 valence electrons. The lowest BCUT2D eigenvalue weighted by molar-refractivity contribution is -0.384. The molecule has 0 atom stereocenters. The van der Waals surface area contributed by atoms with Crippen molar-refractivity contribution in [2.24, 2.45) is 0 Å². The molecule has 1 aliphatic rings. The van der Waals surface area contributed by atoms with Crippen LogP contribution >= 0.6 is 22.7 Å². The van der Waals surface area contributed by atoms with Crippen molar-refractivity contribution >= 4 is 49.7 Å². The number of carbonyl (C=O) groups excluding carboxylic acids is 1. The standard InChI is InChI=1S/C17H17N5O3S2/c23-16(18-11-13-2-1-9-26-13)20-5-7-21(8-6-20)17-19-14-4-3-12(22(24)25)10-15(14)27-17/h1-4,9-10H,5-8,11H2,(H,18,23). The second-order valence-electron chi connectivity index (χ2n) is 6.12. The first kappa shape index (κ1) is 17.7. The first-order valence-electron chi connectivity index (χ1n) is 8.45. The molecule has 1 aromatic carbocycles. The Hall–Kier alpha value is -2.72. The molecule has 0 spiro atoms. The van der Waals surface area contributed by atoms with E-state index in [0.717, 1.165) is 20.2 Å². The van der Waals surface area contributed by atoms with Crippen molar-refractivity contribution in [2.45, 2.75) is 6.54 Å². The number of amides is 2. The minimum atomic E-state index is -0.396. The highest BCUT2D eigenvalue weighted by Gasteiger charge is 2.23. The number of non-ortho nitro benzene ring substituents is 1. The van der Waals surface area contributed by atoms with Crippen LogP contribution in [0, 0.1) is 10.1 Å². The molecule has 1 N–H and O–H groups in total. The quantitative estimate of drug-likeness (QED) is 0.533. The van der Waals surface area contributed by atoms with E-state index in [4.69, 9.17) is 0 Å². The third-order valence-corrected chi connectivity index (χ3v) is 6.36. The number of nitro groups is 1. The lowest BCUT2D eigenvalue weighted by Crippen LogP contribution is -2.51. The fourth-order valence-corrected chi connectivity index (χ4v) is 4.63. The molecule has 2 aromatic heterocycles. The van der Waals surface area contributed by atoms with E-state index in [1.807, 2.05) is 22.4 Å². The van der Waals surface area contributed by atoms with E-state index in [1.165, 1.54) is 17.4 Å². The maximum absolute atomic E-state index is 12.3. The topological polar surface area (TPSA) is 91.6 Å². The van der Waals surface area contributed by atoms with Gasteiger partial charge < -0.3 is 15.1 Å². The van der Waals surface area contributed by atoms with Crippen LogP contribution in [0.2, 0.25) is 0 Å². The number of nitrogens with one attached hydrogen (secondary N) is 1. The van der Waals surface area contributed by atoms with Crippen molar-refractivity contribution in [2.75, 3.05) is 31.1 Å². The molecule has 10 heteroatoms. The third-order valence-electron chi connectivity index (χ3n) is 4.40.